The highest BCUT2D eigenvalue weighted by atomic mass is 32.1. The highest BCUT2D eigenvalue weighted by Gasteiger charge is 2.20. The molecule has 0 aliphatic rings. The van der Waals surface area contributed by atoms with Crippen molar-refractivity contribution in [1.29, 1.82) is 0 Å². The van der Waals surface area contributed by atoms with E-state index in [9.17, 15) is 4.79 Å². The first-order valence-corrected chi connectivity index (χ1v) is 10.2. The molecule has 0 saturated carbocycles. The highest BCUT2D eigenvalue weighted by molar-refractivity contribution is 7.14. The Kier molecular flexibility index (Phi) is 8.15. The molecule has 0 aromatic carbocycles. The maximum Gasteiger partial charge on any atom is 0.333 e. The van der Waals surface area contributed by atoms with Gasteiger partial charge in [-0.25, -0.2) is 14.8 Å². The Bertz CT molecular complexity index is 810. The number of aryl methyl sites for hydroxylation is 1. The van der Waals surface area contributed by atoms with E-state index in [1.807, 2.05) is 29.8 Å². The molecule has 0 amide bonds. The van der Waals surface area contributed by atoms with Gasteiger partial charge in [-0.1, -0.05) is 19.9 Å². The minimum atomic E-state index is -0.462. The Morgan fingerprint density at radius 2 is 1.96 bits per heavy atom. The van der Waals surface area contributed by atoms with Crippen molar-refractivity contribution < 1.29 is 19.0 Å². The lowest BCUT2D eigenvalue weighted by atomic mass is 10.0. The van der Waals surface area contributed by atoms with E-state index < -0.39 is 5.97 Å². The third-order valence-electron chi connectivity index (χ3n) is 3.96. The Balaban J connectivity index is 2.12. The van der Waals surface area contributed by atoms with Crippen molar-refractivity contribution >= 4 is 34.7 Å². The second-order valence-electron chi connectivity index (χ2n) is 5.68. The lowest BCUT2D eigenvalue weighted by Gasteiger charge is -2.21. The number of rotatable bonds is 9. The van der Waals surface area contributed by atoms with Crippen LogP contribution in [0.5, 0.6) is 0 Å². The van der Waals surface area contributed by atoms with Gasteiger partial charge in [0, 0.05) is 23.8 Å². The molecular weight excluding hydrogens is 384 g/mol. The molecule has 0 N–H and O–H groups in total. The molecule has 2 heterocycles. The van der Waals surface area contributed by atoms with Gasteiger partial charge >= 0.3 is 5.97 Å². The summed E-state index contributed by atoms with van der Waals surface area (Å²) in [6.45, 7) is 4.01. The average Bonchev–Trinajstić information content (AvgIpc) is 3.35. The standard InChI is InChI=1S/C19H24N2O4S2/c1-6-17-21-14(11-26-17)19-20-13(10-27-19)7-8-15(23-3)12(2)16(24-4)9-18(22)25-5/h7-12,15H,6H2,1-5H3/b8-7+,16-9+. The van der Waals surface area contributed by atoms with Crippen molar-refractivity contribution in [2.45, 2.75) is 26.4 Å². The van der Waals surface area contributed by atoms with Crippen LogP contribution in [0.2, 0.25) is 0 Å². The van der Waals surface area contributed by atoms with Crippen LogP contribution in [0.3, 0.4) is 0 Å². The summed E-state index contributed by atoms with van der Waals surface area (Å²) in [5.74, 6) is -0.137. The fourth-order valence-corrected chi connectivity index (χ4v) is 3.96. The SMILES string of the molecule is CCc1nc(-c2nc(/C=C/C(OC)C(C)/C(=C\C(=O)OC)OC)cs2)cs1. The third kappa shape index (κ3) is 5.72. The number of aromatic nitrogens is 2. The van der Waals surface area contributed by atoms with Crippen LogP contribution in [-0.4, -0.2) is 43.4 Å². The quantitative estimate of drug-likeness (QED) is 0.352. The first-order valence-electron chi connectivity index (χ1n) is 8.47. The van der Waals surface area contributed by atoms with E-state index in [2.05, 4.69) is 21.6 Å². The molecule has 27 heavy (non-hydrogen) atoms. The zero-order chi connectivity index (χ0) is 19.8. The fourth-order valence-electron chi connectivity index (χ4n) is 2.41. The molecule has 0 saturated heterocycles. The van der Waals surface area contributed by atoms with Gasteiger partial charge < -0.3 is 14.2 Å². The van der Waals surface area contributed by atoms with E-state index in [0.717, 1.165) is 27.8 Å². The topological polar surface area (TPSA) is 70.5 Å². The van der Waals surface area contributed by atoms with Crippen LogP contribution in [0.15, 0.2) is 28.7 Å². The Labute approximate surface area is 167 Å². The minimum absolute atomic E-state index is 0.167. The molecule has 0 bridgehead atoms. The summed E-state index contributed by atoms with van der Waals surface area (Å²) in [5.41, 5.74) is 1.76. The summed E-state index contributed by atoms with van der Waals surface area (Å²) >= 11 is 3.21. The van der Waals surface area contributed by atoms with Gasteiger partial charge in [0.15, 0.2) is 0 Å². The Morgan fingerprint density at radius 3 is 2.56 bits per heavy atom. The second-order valence-corrected chi connectivity index (χ2v) is 7.48. The molecule has 2 unspecified atom stereocenters. The van der Waals surface area contributed by atoms with E-state index in [1.54, 1.807) is 29.8 Å². The molecule has 2 rings (SSSR count). The predicted molar refractivity (Wildman–Crippen MR) is 109 cm³/mol. The molecule has 0 radical (unpaired) electrons. The van der Waals surface area contributed by atoms with Crippen molar-refractivity contribution in [3.8, 4) is 10.7 Å². The molecule has 0 aliphatic carbocycles. The number of methoxy groups -OCH3 is 3. The number of carbonyl (C=O) groups is 1. The Morgan fingerprint density at radius 1 is 1.19 bits per heavy atom. The summed E-state index contributed by atoms with van der Waals surface area (Å²) in [5, 5.41) is 6.02. The molecule has 2 atom stereocenters. The number of ether oxygens (including phenoxy) is 3. The molecule has 0 spiro atoms. The monoisotopic (exact) mass is 408 g/mol. The summed E-state index contributed by atoms with van der Waals surface area (Å²) in [4.78, 5) is 20.7. The maximum atomic E-state index is 11.5. The van der Waals surface area contributed by atoms with Gasteiger partial charge in [0.05, 0.1) is 37.1 Å². The zero-order valence-electron chi connectivity index (χ0n) is 16.1. The normalized spacial score (nSPS) is 14.3. The summed E-state index contributed by atoms with van der Waals surface area (Å²) in [6.07, 6.45) is 5.79. The van der Waals surface area contributed by atoms with Crippen LogP contribution >= 0.6 is 22.7 Å². The molecule has 146 valence electrons. The fraction of sp³-hybridized carbons (Fsp3) is 0.421. The van der Waals surface area contributed by atoms with Crippen LogP contribution in [0.4, 0.5) is 0 Å². The van der Waals surface area contributed by atoms with Gasteiger partial charge in [0.2, 0.25) is 0 Å². The van der Waals surface area contributed by atoms with Gasteiger partial charge in [0.25, 0.3) is 0 Å². The number of thiazole rings is 2. The van der Waals surface area contributed by atoms with Gasteiger partial charge in [-0.05, 0) is 12.5 Å². The average molecular weight is 409 g/mol. The van der Waals surface area contributed by atoms with Gasteiger partial charge in [0.1, 0.15) is 16.5 Å². The smallest absolute Gasteiger partial charge is 0.333 e. The van der Waals surface area contributed by atoms with Gasteiger partial charge in [-0.2, -0.15) is 0 Å². The van der Waals surface area contributed by atoms with Crippen LogP contribution in [0, 0.1) is 5.92 Å². The highest BCUT2D eigenvalue weighted by Crippen LogP contribution is 2.26. The number of esters is 1. The van der Waals surface area contributed by atoms with E-state index >= 15 is 0 Å². The molecular formula is C19H24N2O4S2. The van der Waals surface area contributed by atoms with Crippen molar-refractivity contribution in [2.24, 2.45) is 5.92 Å². The molecule has 2 aromatic heterocycles. The molecule has 6 nitrogen and oxygen atoms in total. The zero-order valence-corrected chi connectivity index (χ0v) is 17.7. The van der Waals surface area contributed by atoms with Gasteiger partial charge in [-0.15, -0.1) is 22.7 Å². The van der Waals surface area contributed by atoms with Crippen LogP contribution < -0.4 is 0 Å². The lowest BCUT2D eigenvalue weighted by Crippen LogP contribution is -2.21. The summed E-state index contributed by atoms with van der Waals surface area (Å²) < 4.78 is 15.5. The van der Waals surface area contributed by atoms with Crippen molar-refractivity contribution in [2.75, 3.05) is 21.3 Å². The van der Waals surface area contributed by atoms with E-state index in [1.165, 1.54) is 20.3 Å². The van der Waals surface area contributed by atoms with E-state index in [0.29, 0.717) is 5.76 Å². The predicted octanol–water partition coefficient (Wildman–Crippen LogP) is 4.20. The second kappa shape index (κ2) is 10.3. The van der Waals surface area contributed by atoms with Crippen molar-refractivity contribution in [3.05, 3.63) is 39.4 Å². The number of hydrogen-bond acceptors (Lipinski definition) is 8. The van der Waals surface area contributed by atoms with E-state index in [4.69, 9.17) is 9.47 Å². The maximum absolute atomic E-state index is 11.5. The first kappa shape index (κ1) is 21.3. The van der Waals surface area contributed by atoms with Crippen LogP contribution in [-0.2, 0) is 25.4 Å². The molecule has 2 aromatic rings. The lowest BCUT2D eigenvalue weighted by molar-refractivity contribution is -0.135. The molecule has 0 fully saturated rings. The first-order chi connectivity index (χ1) is 13.0. The van der Waals surface area contributed by atoms with Gasteiger partial charge in [-0.3, -0.25) is 0 Å². The third-order valence-corrected chi connectivity index (χ3v) is 5.84. The largest absolute Gasteiger partial charge is 0.500 e. The van der Waals surface area contributed by atoms with Crippen molar-refractivity contribution in [1.82, 2.24) is 9.97 Å². The van der Waals surface area contributed by atoms with Crippen molar-refractivity contribution in [3.63, 3.8) is 0 Å². The molecule has 8 heteroatoms. The van der Waals surface area contributed by atoms with E-state index in [-0.39, 0.29) is 12.0 Å². The van der Waals surface area contributed by atoms with Crippen LogP contribution in [0.1, 0.15) is 24.5 Å². The van der Waals surface area contributed by atoms with Crippen LogP contribution in [0.25, 0.3) is 16.8 Å². The minimum Gasteiger partial charge on any atom is -0.500 e. The summed E-state index contributed by atoms with van der Waals surface area (Å²) in [7, 11) is 4.47. The number of hydrogen-bond donors (Lipinski definition) is 0. The summed E-state index contributed by atoms with van der Waals surface area (Å²) in [6, 6.07) is 0. The number of nitrogens with zero attached hydrogens (tertiary/aromatic N) is 2. The Hall–Kier alpha value is -2.03. The molecule has 0 aliphatic heterocycles. The number of carbonyl (C=O) groups excluding carboxylic acids is 1.